The summed E-state index contributed by atoms with van der Waals surface area (Å²) in [6.45, 7) is 5.27. The van der Waals surface area contributed by atoms with E-state index in [2.05, 4.69) is 24.5 Å². The molecule has 1 aromatic carbocycles. The van der Waals surface area contributed by atoms with Crippen molar-refractivity contribution >= 4 is 17.6 Å². The van der Waals surface area contributed by atoms with Crippen molar-refractivity contribution in [3.8, 4) is 0 Å². The first-order valence-electron chi connectivity index (χ1n) is 7.58. The molecule has 0 aromatic heterocycles. The van der Waals surface area contributed by atoms with Crippen LogP contribution in [0.4, 0.5) is 14.9 Å². The van der Waals surface area contributed by atoms with Gasteiger partial charge in [-0.2, -0.15) is 0 Å². The van der Waals surface area contributed by atoms with Crippen LogP contribution in [0.15, 0.2) is 24.3 Å². The molecule has 22 heavy (non-hydrogen) atoms. The predicted molar refractivity (Wildman–Crippen MR) is 83.1 cm³/mol. The van der Waals surface area contributed by atoms with Crippen molar-refractivity contribution in [2.75, 3.05) is 18.0 Å². The van der Waals surface area contributed by atoms with Crippen molar-refractivity contribution in [2.45, 2.75) is 32.7 Å². The third-order valence-electron chi connectivity index (χ3n) is 3.66. The Morgan fingerprint density at radius 1 is 1.36 bits per heavy atom. The second-order valence-electron chi connectivity index (χ2n) is 5.89. The van der Waals surface area contributed by atoms with Gasteiger partial charge in [-0.25, -0.2) is 9.18 Å². The maximum atomic E-state index is 12.9. The summed E-state index contributed by atoms with van der Waals surface area (Å²) in [7, 11) is 0. The Labute approximate surface area is 129 Å². The van der Waals surface area contributed by atoms with Crippen LogP contribution in [0.5, 0.6) is 0 Å². The number of carbonyl (C=O) groups excluding carboxylic acids is 2. The lowest BCUT2D eigenvalue weighted by Gasteiger charge is -2.17. The van der Waals surface area contributed by atoms with Crippen LogP contribution in [0.25, 0.3) is 0 Å². The van der Waals surface area contributed by atoms with E-state index in [1.807, 2.05) is 0 Å². The number of hydrogen-bond acceptors (Lipinski definition) is 2. The van der Waals surface area contributed by atoms with E-state index in [0.717, 1.165) is 6.42 Å². The first-order valence-corrected chi connectivity index (χ1v) is 7.58. The lowest BCUT2D eigenvalue weighted by molar-refractivity contribution is -0.118. The minimum atomic E-state index is -0.524. The Bertz CT molecular complexity index is 531. The molecule has 1 heterocycles. The third kappa shape index (κ3) is 4.19. The van der Waals surface area contributed by atoms with Gasteiger partial charge in [0.05, 0.1) is 0 Å². The van der Waals surface area contributed by atoms with Crippen LogP contribution in [-0.2, 0) is 4.79 Å². The molecule has 0 bridgehead atoms. The molecule has 0 unspecified atom stereocenters. The topological polar surface area (TPSA) is 61.4 Å². The van der Waals surface area contributed by atoms with E-state index in [-0.39, 0.29) is 17.8 Å². The highest BCUT2D eigenvalue weighted by atomic mass is 19.1. The molecule has 0 radical (unpaired) electrons. The Balaban J connectivity index is 1.86. The molecule has 1 atom stereocenters. The largest absolute Gasteiger partial charge is 0.338 e. The monoisotopic (exact) mass is 307 g/mol. The molecular formula is C16H22FN3O2. The fourth-order valence-corrected chi connectivity index (χ4v) is 2.37. The van der Waals surface area contributed by atoms with Crippen molar-refractivity contribution < 1.29 is 14.0 Å². The van der Waals surface area contributed by atoms with E-state index in [1.54, 1.807) is 17.0 Å². The minimum Gasteiger partial charge on any atom is -0.338 e. The summed E-state index contributed by atoms with van der Waals surface area (Å²) in [6, 6.07) is 4.93. The number of carbonyl (C=O) groups is 2. The summed E-state index contributed by atoms with van der Waals surface area (Å²) in [4.78, 5) is 25.6. The molecule has 120 valence electrons. The molecule has 1 aromatic rings. The molecule has 0 spiro atoms. The van der Waals surface area contributed by atoms with E-state index in [0.29, 0.717) is 31.1 Å². The Morgan fingerprint density at radius 2 is 2.05 bits per heavy atom. The van der Waals surface area contributed by atoms with Crippen LogP contribution < -0.4 is 15.5 Å². The third-order valence-corrected chi connectivity index (χ3v) is 3.66. The maximum absolute atomic E-state index is 12.9. The number of anilines is 1. The second kappa shape index (κ2) is 7.24. The van der Waals surface area contributed by atoms with Crippen molar-refractivity contribution in [3.05, 3.63) is 30.1 Å². The summed E-state index contributed by atoms with van der Waals surface area (Å²) in [5.41, 5.74) is 0.649. The molecule has 0 saturated carbocycles. The van der Waals surface area contributed by atoms with Gasteiger partial charge in [0, 0.05) is 18.8 Å². The summed E-state index contributed by atoms with van der Waals surface area (Å²) in [5, 5.41) is 5.45. The average Bonchev–Trinajstić information content (AvgIpc) is 2.81. The fourth-order valence-electron chi connectivity index (χ4n) is 2.37. The first kappa shape index (κ1) is 16.3. The molecule has 1 saturated heterocycles. The van der Waals surface area contributed by atoms with Crippen LogP contribution in [0.3, 0.4) is 0 Å². The number of nitrogens with zero attached hydrogens (tertiary/aromatic N) is 1. The van der Waals surface area contributed by atoms with Crippen molar-refractivity contribution in [2.24, 2.45) is 5.92 Å². The zero-order chi connectivity index (χ0) is 16.1. The summed E-state index contributed by atoms with van der Waals surface area (Å²) in [5.74, 6) is 0.0163. The number of amides is 3. The highest BCUT2D eigenvalue weighted by Gasteiger charge is 2.33. The van der Waals surface area contributed by atoms with Gasteiger partial charge in [-0.05, 0) is 43.0 Å². The summed E-state index contributed by atoms with van der Waals surface area (Å²) < 4.78 is 12.9. The van der Waals surface area contributed by atoms with Gasteiger partial charge in [-0.3, -0.25) is 4.79 Å². The molecule has 0 aliphatic carbocycles. The fraction of sp³-hybridized carbons (Fsp3) is 0.500. The van der Waals surface area contributed by atoms with Gasteiger partial charge in [-0.1, -0.05) is 13.8 Å². The number of urea groups is 1. The van der Waals surface area contributed by atoms with Gasteiger partial charge < -0.3 is 15.5 Å². The average molecular weight is 307 g/mol. The van der Waals surface area contributed by atoms with Crippen molar-refractivity contribution in [1.29, 1.82) is 0 Å². The molecule has 2 rings (SSSR count). The molecule has 1 fully saturated rings. The van der Waals surface area contributed by atoms with Crippen LogP contribution in [0, 0.1) is 11.7 Å². The molecule has 3 amide bonds. The normalized spacial score (nSPS) is 17.9. The zero-order valence-corrected chi connectivity index (χ0v) is 12.9. The maximum Gasteiger partial charge on any atom is 0.315 e. The van der Waals surface area contributed by atoms with Gasteiger partial charge in [0.1, 0.15) is 11.9 Å². The number of hydrogen-bond donors (Lipinski definition) is 2. The SMILES string of the molecule is CC(C)CCNC(=O)N[C@@H]1CCN(c2ccc(F)cc2)C1=O. The van der Waals surface area contributed by atoms with Gasteiger partial charge in [0.15, 0.2) is 0 Å². The second-order valence-corrected chi connectivity index (χ2v) is 5.89. The number of halogens is 1. The van der Waals surface area contributed by atoms with Crippen LogP contribution in [-0.4, -0.2) is 31.1 Å². The van der Waals surface area contributed by atoms with Crippen molar-refractivity contribution in [1.82, 2.24) is 10.6 Å². The molecule has 2 N–H and O–H groups in total. The first-order chi connectivity index (χ1) is 10.5. The van der Waals surface area contributed by atoms with Gasteiger partial charge in [0.25, 0.3) is 0 Å². The van der Waals surface area contributed by atoms with Crippen LogP contribution in [0.1, 0.15) is 26.7 Å². The summed E-state index contributed by atoms with van der Waals surface area (Å²) in [6.07, 6.45) is 1.45. The van der Waals surface area contributed by atoms with E-state index in [4.69, 9.17) is 0 Å². The zero-order valence-electron chi connectivity index (χ0n) is 12.9. The molecule has 1 aliphatic rings. The number of benzene rings is 1. The Hall–Kier alpha value is -2.11. The lowest BCUT2D eigenvalue weighted by Crippen LogP contribution is -2.46. The lowest BCUT2D eigenvalue weighted by atomic mass is 10.1. The summed E-state index contributed by atoms with van der Waals surface area (Å²) >= 11 is 0. The number of nitrogens with one attached hydrogen (secondary N) is 2. The van der Waals surface area contributed by atoms with E-state index < -0.39 is 6.04 Å². The van der Waals surface area contributed by atoms with Gasteiger partial charge in [0.2, 0.25) is 5.91 Å². The highest BCUT2D eigenvalue weighted by Crippen LogP contribution is 2.21. The van der Waals surface area contributed by atoms with Crippen LogP contribution in [0.2, 0.25) is 0 Å². The Morgan fingerprint density at radius 3 is 2.68 bits per heavy atom. The standard InChI is InChI=1S/C16H22FN3O2/c1-11(2)7-9-18-16(22)19-14-8-10-20(15(14)21)13-5-3-12(17)4-6-13/h3-6,11,14H,7-10H2,1-2H3,(H2,18,19,22)/t14-/m1/s1. The molecule has 5 nitrogen and oxygen atoms in total. The van der Waals surface area contributed by atoms with Gasteiger partial charge in [-0.15, -0.1) is 0 Å². The molecule has 6 heteroatoms. The van der Waals surface area contributed by atoms with Crippen molar-refractivity contribution in [3.63, 3.8) is 0 Å². The highest BCUT2D eigenvalue weighted by molar-refractivity contribution is 6.01. The van der Waals surface area contributed by atoms with E-state index in [1.165, 1.54) is 12.1 Å². The Kier molecular flexibility index (Phi) is 5.35. The van der Waals surface area contributed by atoms with Crippen LogP contribution >= 0.6 is 0 Å². The van der Waals surface area contributed by atoms with E-state index >= 15 is 0 Å². The smallest absolute Gasteiger partial charge is 0.315 e. The van der Waals surface area contributed by atoms with Gasteiger partial charge >= 0.3 is 6.03 Å². The predicted octanol–water partition coefficient (Wildman–Crippen LogP) is 2.28. The van der Waals surface area contributed by atoms with E-state index in [9.17, 15) is 14.0 Å². The quantitative estimate of drug-likeness (QED) is 0.876. The molecular weight excluding hydrogens is 285 g/mol. The number of rotatable bonds is 5. The minimum absolute atomic E-state index is 0.161. The molecule has 1 aliphatic heterocycles.